The molecule has 0 unspecified atom stereocenters. The first-order valence-electron chi connectivity index (χ1n) is 8.86. The van der Waals surface area contributed by atoms with Crippen LogP contribution in [0, 0.1) is 0 Å². The third kappa shape index (κ3) is 2.97. The average Bonchev–Trinajstić information content (AvgIpc) is 2.62. The summed E-state index contributed by atoms with van der Waals surface area (Å²) in [5.41, 5.74) is 1.12. The van der Waals surface area contributed by atoms with E-state index < -0.39 is 5.72 Å². The molecule has 0 aromatic heterocycles. The van der Waals surface area contributed by atoms with Gasteiger partial charge in [0.15, 0.2) is 22.3 Å². The average molecular weight is 405 g/mol. The molecule has 2 aliphatic heterocycles. The monoisotopic (exact) mass is 404 g/mol. The van der Waals surface area contributed by atoms with Crippen LogP contribution in [0.2, 0.25) is 5.02 Å². The van der Waals surface area contributed by atoms with Crippen LogP contribution < -0.4 is 24.4 Å². The van der Waals surface area contributed by atoms with Crippen LogP contribution in [0.5, 0.6) is 17.2 Å². The molecular formula is C20H21ClN2O3S. The van der Waals surface area contributed by atoms with E-state index in [0.717, 1.165) is 22.7 Å². The predicted octanol–water partition coefficient (Wildman–Crippen LogP) is 4.68. The Hall–Kier alpha value is -2.18. The van der Waals surface area contributed by atoms with Gasteiger partial charge in [-0.05, 0) is 50.3 Å². The summed E-state index contributed by atoms with van der Waals surface area (Å²) in [5.74, 6) is 2.16. The van der Waals surface area contributed by atoms with Gasteiger partial charge in [-0.1, -0.05) is 23.7 Å². The van der Waals surface area contributed by atoms with Gasteiger partial charge in [-0.2, -0.15) is 0 Å². The van der Waals surface area contributed by atoms with E-state index in [1.807, 2.05) is 49.1 Å². The Morgan fingerprint density at radius 1 is 1.33 bits per heavy atom. The number of anilines is 1. The zero-order chi connectivity index (χ0) is 19.2. The molecule has 4 rings (SSSR count). The van der Waals surface area contributed by atoms with Gasteiger partial charge in [-0.25, -0.2) is 0 Å². The van der Waals surface area contributed by atoms with E-state index in [9.17, 15) is 0 Å². The van der Waals surface area contributed by atoms with Crippen molar-refractivity contribution >= 4 is 34.6 Å². The van der Waals surface area contributed by atoms with Crippen LogP contribution in [-0.2, 0) is 0 Å². The molecule has 2 atom stereocenters. The van der Waals surface area contributed by atoms with Gasteiger partial charge >= 0.3 is 0 Å². The number of hydrogen-bond acceptors (Lipinski definition) is 4. The number of fused-ring (bicyclic) bond motifs is 4. The van der Waals surface area contributed by atoms with E-state index in [0.29, 0.717) is 28.9 Å². The summed E-state index contributed by atoms with van der Waals surface area (Å²) in [6, 6.07) is 11.5. The van der Waals surface area contributed by atoms with Crippen molar-refractivity contribution < 1.29 is 14.2 Å². The smallest absolute Gasteiger partial charge is 0.188 e. The number of hydrogen-bond donors (Lipinski definition) is 1. The maximum Gasteiger partial charge on any atom is 0.188 e. The Labute approximate surface area is 169 Å². The maximum atomic E-state index is 6.53. The number of thiocarbonyl (C=S) groups is 1. The number of nitrogens with one attached hydrogen (secondary N) is 1. The molecule has 0 radical (unpaired) electrons. The Morgan fingerprint density at radius 2 is 2.15 bits per heavy atom. The molecule has 1 N–H and O–H groups in total. The van der Waals surface area contributed by atoms with Gasteiger partial charge in [0.1, 0.15) is 5.75 Å². The minimum absolute atomic E-state index is 0.0492. The summed E-state index contributed by atoms with van der Waals surface area (Å²) in [7, 11) is 1.63. The number of methoxy groups -OCH3 is 1. The molecule has 0 spiro atoms. The number of para-hydroxylation sites is 1. The van der Waals surface area contributed by atoms with Gasteiger partial charge in [-0.3, -0.25) is 4.90 Å². The first kappa shape index (κ1) is 18.2. The van der Waals surface area contributed by atoms with Crippen molar-refractivity contribution in [2.45, 2.75) is 32.0 Å². The molecule has 2 bridgehead atoms. The van der Waals surface area contributed by atoms with E-state index >= 15 is 0 Å². The molecule has 2 aromatic carbocycles. The van der Waals surface area contributed by atoms with Crippen LogP contribution in [0.15, 0.2) is 36.4 Å². The quantitative estimate of drug-likeness (QED) is 0.746. The molecule has 27 heavy (non-hydrogen) atoms. The molecule has 2 aromatic rings. The number of benzene rings is 2. The van der Waals surface area contributed by atoms with Gasteiger partial charge in [0.25, 0.3) is 0 Å². The zero-order valence-electron chi connectivity index (χ0n) is 15.4. The molecule has 2 aliphatic rings. The lowest BCUT2D eigenvalue weighted by Gasteiger charge is -2.52. The summed E-state index contributed by atoms with van der Waals surface area (Å²) in [6.07, 6.45) is 0.714. The second kappa shape index (κ2) is 6.77. The molecule has 2 heterocycles. The minimum atomic E-state index is -0.703. The van der Waals surface area contributed by atoms with Crippen molar-refractivity contribution in [3.05, 3.63) is 47.0 Å². The fourth-order valence-corrected chi connectivity index (χ4v) is 4.43. The molecule has 0 amide bonds. The van der Waals surface area contributed by atoms with Crippen LogP contribution in [-0.4, -0.2) is 24.6 Å². The molecule has 1 saturated heterocycles. The van der Waals surface area contributed by atoms with Crippen LogP contribution in [0.25, 0.3) is 0 Å². The summed E-state index contributed by atoms with van der Waals surface area (Å²) in [4.78, 5) is 1.94. The highest BCUT2D eigenvalue weighted by Gasteiger charge is 2.49. The number of nitrogens with zero attached hydrogens (tertiary/aromatic N) is 1. The molecule has 0 saturated carbocycles. The van der Waals surface area contributed by atoms with Gasteiger partial charge in [0, 0.05) is 17.0 Å². The van der Waals surface area contributed by atoms with E-state index in [4.69, 9.17) is 38.0 Å². The largest absolute Gasteiger partial charge is 0.495 e. The summed E-state index contributed by atoms with van der Waals surface area (Å²) >= 11 is 12.0. The van der Waals surface area contributed by atoms with E-state index in [1.165, 1.54) is 0 Å². The third-order valence-electron chi connectivity index (χ3n) is 4.95. The van der Waals surface area contributed by atoms with Gasteiger partial charge in [0.05, 0.1) is 25.4 Å². The van der Waals surface area contributed by atoms with Crippen molar-refractivity contribution in [2.75, 3.05) is 18.6 Å². The van der Waals surface area contributed by atoms with Crippen molar-refractivity contribution in [3.8, 4) is 17.2 Å². The highest BCUT2D eigenvalue weighted by Crippen LogP contribution is 2.50. The number of ether oxygens (including phenoxy) is 3. The van der Waals surface area contributed by atoms with E-state index in [2.05, 4.69) is 5.32 Å². The van der Waals surface area contributed by atoms with Gasteiger partial charge in [-0.15, -0.1) is 0 Å². The summed E-state index contributed by atoms with van der Waals surface area (Å²) in [6.45, 7) is 4.55. The zero-order valence-corrected chi connectivity index (χ0v) is 17.0. The first-order valence-corrected chi connectivity index (χ1v) is 9.64. The second-order valence-corrected chi connectivity index (χ2v) is 7.57. The van der Waals surface area contributed by atoms with Crippen LogP contribution in [0.1, 0.15) is 31.9 Å². The van der Waals surface area contributed by atoms with Crippen molar-refractivity contribution in [1.29, 1.82) is 0 Å². The van der Waals surface area contributed by atoms with Crippen molar-refractivity contribution in [1.82, 2.24) is 5.32 Å². The Kier molecular flexibility index (Phi) is 4.56. The van der Waals surface area contributed by atoms with Crippen LogP contribution in [0.3, 0.4) is 0 Å². The molecule has 142 valence electrons. The minimum Gasteiger partial charge on any atom is -0.495 e. The maximum absolute atomic E-state index is 6.53. The lowest BCUT2D eigenvalue weighted by Crippen LogP contribution is -2.65. The molecule has 1 fully saturated rings. The van der Waals surface area contributed by atoms with Crippen molar-refractivity contribution in [3.63, 3.8) is 0 Å². The van der Waals surface area contributed by atoms with Gasteiger partial charge in [0.2, 0.25) is 0 Å². The third-order valence-corrected chi connectivity index (χ3v) is 5.48. The lowest BCUT2D eigenvalue weighted by molar-refractivity contribution is 0.0453. The normalized spacial score (nSPS) is 23.2. The Bertz CT molecular complexity index is 907. The van der Waals surface area contributed by atoms with E-state index in [1.54, 1.807) is 13.2 Å². The summed E-state index contributed by atoms with van der Waals surface area (Å²) < 4.78 is 17.9. The Morgan fingerprint density at radius 3 is 2.89 bits per heavy atom. The van der Waals surface area contributed by atoms with Crippen molar-refractivity contribution in [2.24, 2.45) is 0 Å². The van der Waals surface area contributed by atoms with E-state index in [-0.39, 0.29) is 6.04 Å². The lowest BCUT2D eigenvalue weighted by atomic mass is 9.90. The molecule has 7 heteroatoms. The second-order valence-electron chi connectivity index (χ2n) is 6.74. The standard InChI is InChI=1S/C20H21ClN2O3S/c1-4-25-17-7-5-6-13-14-11-20(2,26-18(13)17)23(19(27)22-14)15-10-12(21)8-9-16(15)24-3/h5-10,14H,4,11H2,1-3H3,(H,22,27)/t14-,20-/m1/s1. The summed E-state index contributed by atoms with van der Waals surface area (Å²) in [5, 5.41) is 4.61. The molecule has 5 nitrogen and oxygen atoms in total. The molecule has 0 aliphatic carbocycles. The first-order chi connectivity index (χ1) is 13.0. The SMILES string of the molecule is CCOc1cccc2c1O[C@]1(C)C[C@H]2NC(=S)N1c1cc(Cl)ccc1OC. The number of rotatable bonds is 4. The highest BCUT2D eigenvalue weighted by atomic mass is 35.5. The number of halogens is 1. The fraction of sp³-hybridized carbons (Fsp3) is 0.350. The Balaban J connectivity index is 1.83. The molecular weight excluding hydrogens is 384 g/mol. The predicted molar refractivity (Wildman–Crippen MR) is 110 cm³/mol. The topological polar surface area (TPSA) is 43.0 Å². The highest BCUT2D eigenvalue weighted by molar-refractivity contribution is 7.80. The van der Waals surface area contributed by atoms with Gasteiger partial charge < -0.3 is 19.5 Å². The van der Waals surface area contributed by atoms with Crippen LogP contribution >= 0.6 is 23.8 Å². The van der Waals surface area contributed by atoms with Crippen LogP contribution in [0.4, 0.5) is 5.69 Å². The fourth-order valence-electron chi connectivity index (χ4n) is 3.83.